The number of thioether (sulfide) groups is 1. The van der Waals surface area contributed by atoms with Gasteiger partial charge in [-0.3, -0.25) is 9.67 Å². The van der Waals surface area contributed by atoms with Crippen LogP contribution in [0.25, 0.3) is 0 Å². The molecule has 1 aromatic carbocycles. The van der Waals surface area contributed by atoms with E-state index < -0.39 is 0 Å². The van der Waals surface area contributed by atoms with Crippen LogP contribution in [0.15, 0.2) is 41.5 Å². The molecule has 0 saturated carbocycles. The van der Waals surface area contributed by atoms with Gasteiger partial charge in [0.25, 0.3) is 0 Å². The average molecular weight is 480 g/mol. The van der Waals surface area contributed by atoms with E-state index in [9.17, 15) is 0 Å². The summed E-state index contributed by atoms with van der Waals surface area (Å²) in [6.07, 6.45) is 3.88. The van der Waals surface area contributed by atoms with Crippen LogP contribution in [0.3, 0.4) is 0 Å². The van der Waals surface area contributed by atoms with Gasteiger partial charge in [0.05, 0.1) is 12.2 Å². The zero-order valence-corrected chi connectivity index (χ0v) is 17.9. The van der Waals surface area contributed by atoms with E-state index in [1.165, 1.54) is 5.56 Å². The van der Waals surface area contributed by atoms with E-state index in [1.54, 1.807) is 25.0 Å². The average Bonchev–Trinajstić information content (AvgIpc) is 2.96. The van der Waals surface area contributed by atoms with Crippen LogP contribution < -0.4 is 10.6 Å². The van der Waals surface area contributed by atoms with Crippen molar-refractivity contribution >= 4 is 53.3 Å². The largest absolute Gasteiger partial charge is 0.355 e. The van der Waals surface area contributed by atoms with Crippen molar-refractivity contribution in [3.05, 3.63) is 52.8 Å². The number of aryl methyl sites for hydroxylation is 1. The van der Waals surface area contributed by atoms with Gasteiger partial charge in [-0.25, -0.2) is 0 Å². The third-order valence-electron chi connectivity index (χ3n) is 3.54. The van der Waals surface area contributed by atoms with E-state index in [4.69, 9.17) is 11.6 Å². The number of hydrogen-bond acceptors (Lipinski definition) is 3. The van der Waals surface area contributed by atoms with Crippen molar-refractivity contribution in [1.82, 2.24) is 20.4 Å². The molecule has 0 fully saturated rings. The monoisotopic (exact) mass is 479 g/mol. The quantitative estimate of drug-likeness (QED) is 0.378. The predicted octanol–water partition coefficient (Wildman–Crippen LogP) is 3.46. The zero-order valence-electron chi connectivity index (χ0n) is 14.0. The summed E-state index contributed by atoms with van der Waals surface area (Å²) in [5.41, 5.74) is 2.31. The van der Waals surface area contributed by atoms with Gasteiger partial charge in [0, 0.05) is 37.1 Å². The Labute approximate surface area is 169 Å². The summed E-state index contributed by atoms with van der Waals surface area (Å²) in [6.45, 7) is 1.45. The van der Waals surface area contributed by atoms with Gasteiger partial charge in [0.1, 0.15) is 0 Å². The molecule has 0 aliphatic carbocycles. The van der Waals surface area contributed by atoms with E-state index in [0.29, 0.717) is 11.8 Å². The molecule has 0 aliphatic heterocycles. The molecule has 2 aromatic rings. The highest BCUT2D eigenvalue weighted by Gasteiger charge is 2.11. The summed E-state index contributed by atoms with van der Waals surface area (Å²) in [5, 5.41) is 11.9. The van der Waals surface area contributed by atoms with Crippen LogP contribution in [0.5, 0.6) is 0 Å². The molecular formula is C16H23ClIN5S. The van der Waals surface area contributed by atoms with Crippen LogP contribution in [0, 0.1) is 0 Å². The first-order valence-electron chi connectivity index (χ1n) is 7.33. The first-order valence-corrected chi connectivity index (χ1v) is 9.00. The Balaban J connectivity index is 0.00000288. The van der Waals surface area contributed by atoms with Crippen LogP contribution in [0.2, 0.25) is 5.02 Å². The minimum atomic E-state index is 0. The summed E-state index contributed by atoms with van der Waals surface area (Å²) in [5.74, 6) is 0.771. The molecule has 132 valence electrons. The van der Waals surface area contributed by atoms with Crippen molar-refractivity contribution in [2.75, 3.05) is 19.8 Å². The maximum atomic E-state index is 6.08. The molecule has 2 rings (SSSR count). The second-order valence-electron chi connectivity index (χ2n) is 5.03. The van der Waals surface area contributed by atoms with E-state index in [0.717, 1.165) is 23.2 Å². The van der Waals surface area contributed by atoms with Crippen LogP contribution in [0.1, 0.15) is 16.5 Å². The fraction of sp³-hybridized carbons (Fsp3) is 0.375. The third kappa shape index (κ3) is 6.18. The predicted molar refractivity (Wildman–Crippen MR) is 115 cm³/mol. The second-order valence-corrected chi connectivity index (χ2v) is 6.51. The number of guanidine groups is 1. The smallest absolute Gasteiger partial charge is 0.191 e. The topological polar surface area (TPSA) is 54.2 Å². The second kappa shape index (κ2) is 10.8. The first-order chi connectivity index (χ1) is 11.1. The molecule has 5 nitrogen and oxygen atoms in total. The Hall–Kier alpha value is -0.930. The molecule has 1 heterocycles. The van der Waals surface area contributed by atoms with E-state index in [2.05, 4.69) is 33.0 Å². The maximum Gasteiger partial charge on any atom is 0.191 e. The SMILES string of the molecule is CN=C(NCc1ccnn1C)NCC(SC)c1cccc(Cl)c1.I. The molecule has 0 aliphatic rings. The number of hydrogen-bond donors (Lipinski definition) is 2. The Morgan fingerprint density at radius 3 is 2.75 bits per heavy atom. The molecule has 1 atom stereocenters. The lowest BCUT2D eigenvalue weighted by atomic mass is 10.1. The Kier molecular flexibility index (Phi) is 9.53. The van der Waals surface area contributed by atoms with Gasteiger partial charge in [0.2, 0.25) is 0 Å². The van der Waals surface area contributed by atoms with Crippen LogP contribution in [0.4, 0.5) is 0 Å². The van der Waals surface area contributed by atoms with Crippen molar-refractivity contribution in [2.45, 2.75) is 11.8 Å². The molecule has 24 heavy (non-hydrogen) atoms. The van der Waals surface area contributed by atoms with Gasteiger partial charge in [-0.2, -0.15) is 16.9 Å². The number of nitrogens with zero attached hydrogens (tertiary/aromatic N) is 3. The summed E-state index contributed by atoms with van der Waals surface area (Å²) in [4.78, 5) is 4.26. The normalized spacial score (nSPS) is 12.4. The molecule has 0 saturated heterocycles. The minimum Gasteiger partial charge on any atom is -0.355 e. The summed E-state index contributed by atoms with van der Waals surface area (Å²) >= 11 is 7.87. The molecule has 0 amide bonds. The lowest BCUT2D eigenvalue weighted by Crippen LogP contribution is -2.38. The van der Waals surface area contributed by atoms with Crippen molar-refractivity contribution < 1.29 is 0 Å². The molecule has 0 radical (unpaired) electrons. The molecule has 1 aromatic heterocycles. The number of benzene rings is 1. The van der Waals surface area contributed by atoms with Crippen LogP contribution >= 0.6 is 47.3 Å². The number of nitrogens with one attached hydrogen (secondary N) is 2. The molecule has 8 heteroatoms. The minimum absolute atomic E-state index is 0. The lowest BCUT2D eigenvalue weighted by Gasteiger charge is -2.18. The van der Waals surface area contributed by atoms with Crippen molar-refractivity contribution in [3.63, 3.8) is 0 Å². The van der Waals surface area contributed by atoms with Crippen molar-refractivity contribution in [3.8, 4) is 0 Å². The van der Waals surface area contributed by atoms with Gasteiger partial charge in [-0.15, -0.1) is 24.0 Å². The molecule has 1 unspecified atom stereocenters. The third-order valence-corrected chi connectivity index (χ3v) is 4.79. The molecule has 2 N–H and O–H groups in total. The maximum absolute atomic E-state index is 6.08. The zero-order chi connectivity index (χ0) is 16.7. The van der Waals surface area contributed by atoms with Crippen LogP contribution in [-0.4, -0.2) is 35.6 Å². The number of aliphatic imine (C=N–C) groups is 1. The number of halogens is 2. The van der Waals surface area contributed by atoms with Gasteiger partial charge in [-0.1, -0.05) is 23.7 Å². The van der Waals surface area contributed by atoms with Gasteiger partial charge in [-0.05, 0) is 30.0 Å². The summed E-state index contributed by atoms with van der Waals surface area (Å²) < 4.78 is 1.84. The fourth-order valence-electron chi connectivity index (χ4n) is 2.20. The highest BCUT2D eigenvalue weighted by Crippen LogP contribution is 2.27. The number of aromatic nitrogens is 2. The molecular weight excluding hydrogens is 457 g/mol. The Morgan fingerprint density at radius 1 is 1.38 bits per heavy atom. The van der Waals surface area contributed by atoms with Gasteiger partial charge >= 0.3 is 0 Å². The summed E-state index contributed by atoms with van der Waals surface area (Å²) in [6, 6.07) is 9.97. The van der Waals surface area contributed by atoms with Gasteiger partial charge < -0.3 is 10.6 Å². The Bertz CT molecular complexity index is 661. The van der Waals surface area contributed by atoms with Crippen molar-refractivity contribution in [1.29, 1.82) is 0 Å². The Morgan fingerprint density at radius 2 is 2.17 bits per heavy atom. The van der Waals surface area contributed by atoms with Crippen LogP contribution in [-0.2, 0) is 13.6 Å². The fourth-order valence-corrected chi connectivity index (χ4v) is 3.07. The van der Waals surface area contributed by atoms with E-state index in [1.807, 2.05) is 36.0 Å². The highest BCUT2D eigenvalue weighted by molar-refractivity contribution is 14.0. The highest BCUT2D eigenvalue weighted by atomic mass is 127. The summed E-state index contributed by atoms with van der Waals surface area (Å²) in [7, 11) is 3.70. The standard InChI is InChI=1S/C16H22ClN5S.HI/c1-18-16(19-10-14-7-8-21-22(14)2)20-11-15(23-3)12-5-4-6-13(17)9-12;/h4-9,15H,10-11H2,1-3H3,(H2,18,19,20);1H. The molecule has 0 spiro atoms. The van der Waals surface area contributed by atoms with Gasteiger partial charge in [0.15, 0.2) is 5.96 Å². The lowest BCUT2D eigenvalue weighted by molar-refractivity contribution is 0.683. The van der Waals surface area contributed by atoms with Crippen molar-refractivity contribution in [2.24, 2.45) is 12.0 Å². The first kappa shape index (κ1) is 21.1. The van der Waals surface area contributed by atoms with E-state index >= 15 is 0 Å². The molecule has 0 bridgehead atoms. The number of rotatable bonds is 6. The van der Waals surface area contributed by atoms with E-state index in [-0.39, 0.29) is 24.0 Å².